The lowest BCUT2D eigenvalue weighted by Crippen LogP contribution is -2.08. The molecule has 1 amide bonds. The zero-order valence-electron chi connectivity index (χ0n) is 17.4. The Kier molecular flexibility index (Phi) is 5.51. The molecule has 0 fully saturated rings. The van der Waals surface area contributed by atoms with Crippen LogP contribution in [0, 0.1) is 0 Å². The smallest absolute Gasteiger partial charge is 0.258 e. The number of nitrogens with two attached hydrogens (primary N) is 1. The van der Waals surface area contributed by atoms with Gasteiger partial charge in [0.05, 0.1) is 22.2 Å². The van der Waals surface area contributed by atoms with E-state index in [4.69, 9.17) is 5.73 Å². The van der Waals surface area contributed by atoms with Gasteiger partial charge in [0.15, 0.2) is 5.65 Å². The zero-order valence-corrected chi connectivity index (χ0v) is 18.2. The maximum atomic E-state index is 10.9. The minimum atomic E-state index is -0.283. The van der Waals surface area contributed by atoms with Crippen molar-refractivity contribution in [1.29, 1.82) is 0 Å². The van der Waals surface area contributed by atoms with Crippen molar-refractivity contribution in [2.75, 3.05) is 0 Å². The first-order valence-corrected chi connectivity index (χ1v) is 11.7. The Morgan fingerprint density at radius 1 is 0.935 bits per heavy atom. The maximum absolute atomic E-state index is 10.9. The molecule has 0 atom stereocenters. The Hall–Kier alpha value is -3.06. The summed E-state index contributed by atoms with van der Waals surface area (Å²) in [4.78, 5) is 21.6. The summed E-state index contributed by atoms with van der Waals surface area (Å²) >= 11 is 1.57. The second kappa shape index (κ2) is 8.59. The van der Waals surface area contributed by atoms with Crippen molar-refractivity contribution in [3.8, 4) is 11.3 Å². The number of H-pyrrole nitrogens is 1. The molecule has 6 rings (SSSR count). The number of amides is 1. The van der Waals surface area contributed by atoms with Crippen molar-refractivity contribution in [3.63, 3.8) is 0 Å². The minimum absolute atomic E-state index is 0.283. The van der Waals surface area contributed by atoms with Gasteiger partial charge in [0.1, 0.15) is 6.33 Å². The van der Waals surface area contributed by atoms with E-state index in [1.807, 2.05) is 6.07 Å². The highest BCUT2D eigenvalue weighted by Gasteiger charge is 2.15. The average Bonchev–Trinajstić information content (AvgIpc) is 3.46. The fourth-order valence-corrected chi connectivity index (χ4v) is 5.59. The van der Waals surface area contributed by atoms with E-state index >= 15 is 0 Å². The van der Waals surface area contributed by atoms with E-state index in [1.54, 1.807) is 23.9 Å². The molecule has 7 heteroatoms. The van der Waals surface area contributed by atoms with Gasteiger partial charge >= 0.3 is 0 Å². The van der Waals surface area contributed by atoms with Crippen molar-refractivity contribution in [3.05, 3.63) is 63.2 Å². The second-order valence-electron chi connectivity index (χ2n) is 8.18. The van der Waals surface area contributed by atoms with Crippen LogP contribution < -0.4 is 5.73 Å². The summed E-state index contributed by atoms with van der Waals surface area (Å²) in [5.41, 5.74) is 12.4. The summed E-state index contributed by atoms with van der Waals surface area (Å²) in [7, 11) is 0. The molecule has 0 saturated heterocycles. The molecule has 3 N–H and O–H groups in total. The number of hydrogen-bond donors (Lipinski definition) is 2. The van der Waals surface area contributed by atoms with E-state index < -0.39 is 0 Å². The number of primary amides is 1. The van der Waals surface area contributed by atoms with E-state index in [0.29, 0.717) is 0 Å². The number of rotatable bonds is 2. The van der Waals surface area contributed by atoms with Gasteiger partial charge in [-0.3, -0.25) is 9.89 Å². The largest absolute Gasteiger partial charge is 0.365 e. The number of benzene rings is 1. The van der Waals surface area contributed by atoms with Crippen molar-refractivity contribution < 1.29 is 4.79 Å². The van der Waals surface area contributed by atoms with Gasteiger partial charge in [0.2, 0.25) is 0 Å². The highest BCUT2D eigenvalue weighted by Crippen LogP contribution is 2.30. The first-order chi connectivity index (χ1) is 15.2. The predicted octanol–water partition coefficient (Wildman–Crippen LogP) is 4.62. The molecule has 0 spiro atoms. The number of nitrogens with one attached hydrogen (secondary N) is 1. The number of carbonyl (C=O) groups excluding carboxylic acids is 1. The summed E-state index contributed by atoms with van der Waals surface area (Å²) < 4.78 is 0. The van der Waals surface area contributed by atoms with Crippen molar-refractivity contribution in [2.24, 2.45) is 5.73 Å². The summed E-state index contributed by atoms with van der Waals surface area (Å²) in [5.74, 6) is -0.283. The van der Waals surface area contributed by atoms with Gasteiger partial charge in [-0.25, -0.2) is 9.97 Å². The molecule has 0 aliphatic heterocycles. The Morgan fingerprint density at radius 3 is 2.52 bits per heavy atom. The molecule has 0 unspecified atom stereocenters. The third kappa shape index (κ3) is 4.10. The van der Waals surface area contributed by atoms with Crippen LogP contribution in [0.25, 0.3) is 22.3 Å². The Labute approximate surface area is 184 Å². The van der Waals surface area contributed by atoms with Crippen LogP contribution in [0.2, 0.25) is 0 Å². The van der Waals surface area contributed by atoms with Crippen molar-refractivity contribution >= 4 is 28.3 Å². The van der Waals surface area contributed by atoms with Crippen LogP contribution >= 0.6 is 11.3 Å². The predicted molar refractivity (Wildman–Crippen MR) is 123 cm³/mol. The molecule has 2 aliphatic carbocycles. The minimum Gasteiger partial charge on any atom is -0.365 e. The summed E-state index contributed by atoms with van der Waals surface area (Å²) in [5, 5.41) is 7.92. The molecular weight excluding hydrogens is 406 g/mol. The number of aromatic amines is 1. The summed E-state index contributed by atoms with van der Waals surface area (Å²) in [6.07, 6.45) is 13.1. The normalized spacial score (nSPS) is 15.0. The van der Waals surface area contributed by atoms with Crippen LogP contribution in [-0.2, 0) is 25.7 Å². The van der Waals surface area contributed by atoms with E-state index in [0.717, 1.165) is 40.0 Å². The number of aryl methyl sites for hydroxylation is 4. The molecule has 3 heterocycles. The fraction of sp³-hybridized carbons (Fsp3) is 0.333. The summed E-state index contributed by atoms with van der Waals surface area (Å²) in [6, 6.07) is 8.65. The number of thiophene rings is 1. The zero-order chi connectivity index (χ0) is 21.2. The van der Waals surface area contributed by atoms with Crippen LogP contribution in [-0.4, -0.2) is 26.1 Å². The standard InChI is InChI=1S/C15H14N4.C9H11NOS/c1-2-4-11-7-12(6-5-10(11)3-1)14-13-8-18-19-15(13)17-9-16-14;10-9(11)8-5-6-3-1-2-4-7(6)12-8/h5-9H,1-4H2,(H,16,17,18,19);5H,1-4H2,(H2,10,11). The molecule has 0 radical (unpaired) electrons. The number of fused-ring (bicyclic) bond motifs is 3. The first-order valence-electron chi connectivity index (χ1n) is 10.9. The van der Waals surface area contributed by atoms with Gasteiger partial charge in [-0.15, -0.1) is 11.3 Å². The van der Waals surface area contributed by atoms with Gasteiger partial charge in [-0.1, -0.05) is 12.1 Å². The fourth-order valence-electron chi connectivity index (χ4n) is 4.49. The highest BCUT2D eigenvalue weighted by molar-refractivity contribution is 7.14. The van der Waals surface area contributed by atoms with E-state index in [9.17, 15) is 4.79 Å². The molecule has 2 aliphatic rings. The lowest BCUT2D eigenvalue weighted by molar-refractivity contribution is 0.100. The Balaban J connectivity index is 0.000000147. The lowest BCUT2D eigenvalue weighted by Gasteiger charge is -2.16. The maximum Gasteiger partial charge on any atom is 0.258 e. The van der Waals surface area contributed by atoms with Crippen LogP contribution in [0.15, 0.2) is 36.8 Å². The highest BCUT2D eigenvalue weighted by atomic mass is 32.1. The van der Waals surface area contributed by atoms with Crippen LogP contribution in [0.5, 0.6) is 0 Å². The van der Waals surface area contributed by atoms with Gasteiger partial charge < -0.3 is 5.73 Å². The number of nitrogens with zero attached hydrogens (tertiary/aromatic N) is 3. The third-order valence-electron chi connectivity index (χ3n) is 6.11. The van der Waals surface area contributed by atoms with Crippen molar-refractivity contribution in [1.82, 2.24) is 20.2 Å². The Morgan fingerprint density at radius 2 is 1.71 bits per heavy atom. The number of hydrogen-bond acceptors (Lipinski definition) is 5. The van der Waals surface area contributed by atoms with Gasteiger partial charge in [0, 0.05) is 10.4 Å². The number of carbonyl (C=O) groups is 1. The first kappa shape index (κ1) is 19.9. The number of aromatic nitrogens is 4. The van der Waals surface area contributed by atoms with Crippen LogP contribution in [0.4, 0.5) is 0 Å². The molecule has 0 saturated carbocycles. The molecule has 0 bridgehead atoms. The van der Waals surface area contributed by atoms with Crippen LogP contribution in [0.1, 0.15) is 56.9 Å². The molecule has 3 aromatic heterocycles. The quantitative estimate of drug-likeness (QED) is 0.484. The molecule has 1 aromatic carbocycles. The average molecular weight is 432 g/mol. The monoisotopic (exact) mass is 431 g/mol. The van der Waals surface area contributed by atoms with E-state index in [1.165, 1.54) is 60.1 Å². The molecular formula is C24H25N5OS. The molecule has 6 nitrogen and oxygen atoms in total. The Bertz CT molecular complexity index is 1220. The SMILES string of the molecule is NC(=O)c1cc2c(s1)CCCC2.c1nc(-c2ccc3c(c2)CCCC3)c2cn[nH]c2n1. The molecule has 158 valence electrons. The third-order valence-corrected chi connectivity index (χ3v) is 7.36. The second-order valence-corrected chi connectivity index (χ2v) is 9.31. The molecule has 4 aromatic rings. The van der Waals surface area contributed by atoms with Crippen molar-refractivity contribution in [2.45, 2.75) is 51.4 Å². The summed E-state index contributed by atoms with van der Waals surface area (Å²) in [6.45, 7) is 0. The van der Waals surface area contributed by atoms with E-state index in [-0.39, 0.29) is 5.91 Å². The molecule has 31 heavy (non-hydrogen) atoms. The van der Waals surface area contributed by atoms with Gasteiger partial charge in [0.25, 0.3) is 5.91 Å². The van der Waals surface area contributed by atoms with Gasteiger partial charge in [-0.2, -0.15) is 5.10 Å². The topological polar surface area (TPSA) is 97.5 Å². The van der Waals surface area contributed by atoms with Crippen LogP contribution in [0.3, 0.4) is 0 Å². The lowest BCUT2D eigenvalue weighted by atomic mass is 9.90. The van der Waals surface area contributed by atoms with Gasteiger partial charge in [-0.05, 0) is 80.2 Å². The van der Waals surface area contributed by atoms with E-state index in [2.05, 4.69) is 38.4 Å².